The van der Waals surface area contributed by atoms with E-state index in [1.807, 2.05) is 11.9 Å². The van der Waals surface area contributed by atoms with Gasteiger partial charge in [-0.05, 0) is 26.0 Å². The van der Waals surface area contributed by atoms with Gasteiger partial charge in [0.25, 0.3) is 0 Å². The van der Waals surface area contributed by atoms with Crippen molar-refractivity contribution in [2.45, 2.75) is 19.4 Å². The van der Waals surface area contributed by atoms with E-state index in [4.69, 9.17) is 10.2 Å². The Morgan fingerprint density at radius 1 is 1.25 bits per heavy atom. The van der Waals surface area contributed by atoms with Crippen LogP contribution in [0.1, 0.15) is 11.1 Å². The Hall–Kier alpha value is -0.900. The highest BCUT2D eigenvalue weighted by Crippen LogP contribution is 2.06. The third-order valence-electron chi connectivity index (χ3n) is 2.88. The molecule has 0 spiro atoms. The van der Waals surface area contributed by atoms with Gasteiger partial charge < -0.3 is 10.2 Å². The van der Waals surface area contributed by atoms with Crippen LogP contribution >= 0.6 is 0 Å². The lowest BCUT2D eigenvalue weighted by Crippen LogP contribution is -2.38. The van der Waals surface area contributed by atoms with Crippen LogP contribution in [0.3, 0.4) is 0 Å². The summed E-state index contributed by atoms with van der Waals surface area (Å²) in [7, 11) is 1.92. The van der Waals surface area contributed by atoms with Crippen LogP contribution in [0, 0.1) is 6.92 Å². The third-order valence-corrected chi connectivity index (χ3v) is 2.88. The topological polar surface area (TPSA) is 43.7 Å². The number of nitrogens with zero attached hydrogens (tertiary/aromatic N) is 1. The summed E-state index contributed by atoms with van der Waals surface area (Å²) in [6.07, 6.45) is 0.939. The number of hydrogen-bond acceptors (Lipinski definition) is 3. The Labute approximate surface area is 97.3 Å². The minimum Gasteiger partial charge on any atom is -0.395 e. The molecule has 0 saturated heterocycles. The van der Waals surface area contributed by atoms with Crippen molar-refractivity contribution < 1.29 is 10.2 Å². The maximum absolute atomic E-state index is 9.04. The van der Waals surface area contributed by atoms with Crippen LogP contribution in [0.15, 0.2) is 24.3 Å². The average Bonchev–Trinajstić information content (AvgIpc) is 2.28. The lowest BCUT2D eigenvalue weighted by molar-refractivity contribution is 0.0925. The van der Waals surface area contributed by atoms with Gasteiger partial charge in [-0.3, -0.25) is 4.90 Å². The van der Waals surface area contributed by atoms with E-state index >= 15 is 0 Å². The summed E-state index contributed by atoms with van der Waals surface area (Å²) < 4.78 is 0. The van der Waals surface area contributed by atoms with Crippen LogP contribution in [-0.2, 0) is 6.42 Å². The van der Waals surface area contributed by atoms with Crippen LogP contribution in [0.5, 0.6) is 0 Å². The summed E-state index contributed by atoms with van der Waals surface area (Å²) in [5.41, 5.74) is 2.56. The SMILES string of the molecule is Cc1cccc(CCN(C)C(CO)CO)c1. The van der Waals surface area contributed by atoms with Gasteiger partial charge in [-0.15, -0.1) is 0 Å². The number of aliphatic hydroxyl groups is 2. The molecule has 90 valence electrons. The molecule has 16 heavy (non-hydrogen) atoms. The highest BCUT2D eigenvalue weighted by molar-refractivity contribution is 5.22. The number of rotatable bonds is 6. The fraction of sp³-hybridized carbons (Fsp3) is 0.538. The number of aliphatic hydroxyl groups excluding tert-OH is 2. The van der Waals surface area contributed by atoms with Gasteiger partial charge in [0.05, 0.1) is 19.3 Å². The monoisotopic (exact) mass is 223 g/mol. The molecule has 3 nitrogen and oxygen atoms in total. The number of likely N-dealkylation sites (N-methyl/N-ethyl adjacent to an activating group) is 1. The Balaban J connectivity index is 2.45. The second kappa shape index (κ2) is 6.63. The molecule has 0 radical (unpaired) electrons. The van der Waals surface area contributed by atoms with Gasteiger partial charge >= 0.3 is 0 Å². The summed E-state index contributed by atoms with van der Waals surface area (Å²) >= 11 is 0. The van der Waals surface area contributed by atoms with E-state index in [0.29, 0.717) is 0 Å². The molecule has 0 aromatic heterocycles. The van der Waals surface area contributed by atoms with Crippen molar-refractivity contribution in [3.05, 3.63) is 35.4 Å². The van der Waals surface area contributed by atoms with E-state index in [0.717, 1.165) is 13.0 Å². The van der Waals surface area contributed by atoms with Crippen molar-refractivity contribution in [1.29, 1.82) is 0 Å². The predicted octanol–water partition coefficient (Wildman–Crippen LogP) is 0.823. The Kier molecular flexibility index (Phi) is 5.46. The zero-order chi connectivity index (χ0) is 12.0. The first-order chi connectivity index (χ1) is 7.67. The minimum absolute atomic E-state index is 0.000811. The van der Waals surface area contributed by atoms with Gasteiger partial charge in [-0.25, -0.2) is 0 Å². The van der Waals surface area contributed by atoms with Gasteiger partial charge in [-0.1, -0.05) is 29.8 Å². The van der Waals surface area contributed by atoms with Crippen LogP contribution in [-0.4, -0.2) is 48.0 Å². The number of aryl methyl sites for hydroxylation is 1. The van der Waals surface area contributed by atoms with Crippen molar-refractivity contribution >= 4 is 0 Å². The summed E-state index contributed by atoms with van der Waals surface area (Å²) in [4.78, 5) is 1.99. The van der Waals surface area contributed by atoms with E-state index in [9.17, 15) is 0 Å². The first kappa shape index (κ1) is 13.2. The normalized spacial score (nSPS) is 11.4. The maximum Gasteiger partial charge on any atom is 0.0609 e. The van der Waals surface area contributed by atoms with Crippen LogP contribution in [0.4, 0.5) is 0 Å². The van der Waals surface area contributed by atoms with Gasteiger partial charge in [0, 0.05) is 6.54 Å². The molecule has 0 fully saturated rings. The van der Waals surface area contributed by atoms with Crippen LogP contribution < -0.4 is 0 Å². The number of hydrogen-bond donors (Lipinski definition) is 2. The van der Waals surface area contributed by atoms with Crippen molar-refractivity contribution in [1.82, 2.24) is 4.90 Å². The average molecular weight is 223 g/mol. The Bertz CT molecular complexity index is 311. The molecule has 0 aliphatic carbocycles. The van der Waals surface area contributed by atoms with E-state index in [1.54, 1.807) is 0 Å². The Morgan fingerprint density at radius 2 is 1.94 bits per heavy atom. The summed E-state index contributed by atoms with van der Waals surface area (Å²) in [6, 6.07) is 8.26. The third kappa shape index (κ3) is 3.93. The molecule has 0 aliphatic rings. The molecule has 0 saturated carbocycles. The molecule has 1 aromatic carbocycles. The van der Waals surface area contributed by atoms with Crippen LogP contribution in [0.25, 0.3) is 0 Å². The van der Waals surface area contributed by atoms with Gasteiger partial charge in [0.2, 0.25) is 0 Å². The molecule has 0 atom stereocenters. The summed E-state index contributed by atoms with van der Waals surface area (Å²) in [6.45, 7) is 2.92. The fourth-order valence-electron chi connectivity index (χ4n) is 1.69. The molecule has 0 heterocycles. The molecular weight excluding hydrogens is 202 g/mol. The first-order valence-electron chi connectivity index (χ1n) is 5.65. The molecular formula is C13H21NO2. The van der Waals surface area contributed by atoms with Crippen molar-refractivity contribution in [3.8, 4) is 0 Å². The van der Waals surface area contributed by atoms with Crippen molar-refractivity contribution in [2.24, 2.45) is 0 Å². The van der Waals surface area contributed by atoms with E-state index in [2.05, 4.69) is 31.2 Å². The smallest absolute Gasteiger partial charge is 0.0609 e. The van der Waals surface area contributed by atoms with Crippen LogP contribution in [0.2, 0.25) is 0 Å². The second-order valence-electron chi connectivity index (χ2n) is 4.24. The van der Waals surface area contributed by atoms with E-state index < -0.39 is 0 Å². The molecule has 0 bridgehead atoms. The standard InChI is InChI=1S/C13H21NO2/c1-11-4-3-5-12(8-11)6-7-14(2)13(9-15)10-16/h3-5,8,13,15-16H,6-7,9-10H2,1-2H3. The van der Waals surface area contributed by atoms with Gasteiger partial charge in [-0.2, -0.15) is 0 Å². The summed E-state index contributed by atoms with van der Waals surface area (Å²) in [5.74, 6) is 0. The molecule has 3 heteroatoms. The van der Waals surface area contributed by atoms with E-state index in [-0.39, 0.29) is 19.3 Å². The minimum atomic E-state index is -0.148. The van der Waals surface area contributed by atoms with E-state index in [1.165, 1.54) is 11.1 Å². The Morgan fingerprint density at radius 3 is 2.50 bits per heavy atom. The molecule has 1 rings (SSSR count). The van der Waals surface area contributed by atoms with Gasteiger partial charge in [0.1, 0.15) is 0 Å². The maximum atomic E-state index is 9.04. The zero-order valence-corrected chi connectivity index (χ0v) is 10.1. The fourth-order valence-corrected chi connectivity index (χ4v) is 1.69. The highest BCUT2D eigenvalue weighted by Gasteiger charge is 2.11. The number of benzene rings is 1. The summed E-state index contributed by atoms with van der Waals surface area (Å²) in [5, 5.41) is 18.1. The zero-order valence-electron chi connectivity index (χ0n) is 10.1. The highest BCUT2D eigenvalue weighted by atomic mass is 16.3. The van der Waals surface area contributed by atoms with Crippen molar-refractivity contribution in [2.75, 3.05) is 26.8 Å². The van der Waals surface area contributed by atoms with Crippen molar-refractivity contribution in [3.63, 3.8) is 0 Å². The quantitative estimate of drug-likeness (QED) is 0.750. The largest absolute Gasteiger partial charge is 0.395 e. The predicted molar refractivity (Wildman–Crippen MR) is 65.5 cm³/mol. The molecule has 0 aliphatic heterocycles. The molecule has 1 aromatic rings. The molecule has 0 amide bonds. The van der Waals surface area contributed by atoms with Gasteiger partial charge in [0.15, 0.2) is 0 Å². The first-order valence-corrected chi connectivity index (χ1v) is 5.65. The lowest BCUT2D eigenvalue weighted by Gasteiger charge is -2.24. The lowest BCUT2D eigenvalue weighted by atomic mass is 10.1. The molecule has 2 N–H and O–H groups in total. The second-order valence-corrected chi connectivity index (χ2v) is 4.24. The molecule has 0 unspecified atom stereocenters.